The number of carboxylic acid groups (broad SMARTS) is 1. The van der Waals surface area contributed by atoms with Crippen LogP contribution in [0.5, 0.6) is 0 Å². The maximum atomic E-state index is 12.2. The van der Waals surface area contributed by atoms with Crippen LogP contribution in [0.2, 0.25) is 15.1 Å². The number of aliphatic carboxylic acids is 1. The lowest BCUT2D eigenvalue weighted by Crippen LogP contribution is -2.44. The zero-order valence-corrected chi connectivity index (χ0v) is 13.2. The number of carbonyl (C=O) groups excluding carboxylic acids is 1. The number of halogens is 3. The molecule has 0 radical (unpaired) electrons. The van der Waals surface area contributed by atoms with E-state index in [0.717, 1.165) is 0 Å². The number of rotatable bonds is 2. The second-order valence-electron chi connectivity index (χ2n) is 4.80. The molecular weight excluding hydrogens is 339 g/mol. The Hall–Kier alpha value is -1.17. The molecule has 5 nitrogen and oxygen atoms in total. The lowest BCUT2D eigenvalue weighted by atomic mass is 9.99. The van der Waals surface area contributed by atoms with Crippen molar-refractivity contribution < 1.29 is 14.7 Å². The number of piperidine rings is 1. The summed E-state index contributed by atoms with van der Waals surface area (Å²) in [6, 6.07) is 2.52. The molecule has 2 rings (SSSR count). The molecule has 1 aliphatic rings. The van der Waals surface area contributed by atoms with Crippen molar-refractivity contribution >= 4 is 52.5 Å². The molecule has 8 heteroatoms. The van der Waals surface area contributed by atoms with Crippen molar-refractivity contribution in [1.82, 2.24) is 4.90 Å². The molecule has 0 spiro atoms. The summed E-state index contributed by atoms with van der Waals surface area (Å²) in [5, 5.41) is 12.5. The quantitative estimate of drug-likeness (QED) is 0.847. The largest absolute Gasteiger partial charge is 0.481 e. The first-order valence-electron chi connectivity index (χ1n) is 6.31. The van der Waals surface area contributed by atoms with E-state index in [1.54, 1.807) is 0 Å². The molecule has 0 aliphatic carbocycles. The number of nitrogens with zero attached hydrogens (tertiary/aromatic N) is 1. The van der Waals surface area contributed by atoms with E-state index in [4.69, 9.17) is 39.9 Å². The van der Waals surface area contributed by atoms with Gasteiger partial charge in [0, 0.05) is 18.1 Å². The molecule has 1 aromatic rings. The van der Waals surface area contributed by atoms with Crippen LogP contribution in [0.3, 0.4) is 0 Å². The minimum atomic E-state index is -0.893. The molecule has 21 heavy (non-hydrogen) atoms. The van der Waals surface area contributed by atoms with Gasteiger partial charge >= 0.3 is 12.0 Å². The van der Waals surface area contributed by atoms with E-state index < -0.39 is 17.9 Å². The fraction of sp³-hybridized carbons (Fsp3) is 0.385. The van der Waals surface area contributed by atoms with E-state index >= 15 is 0 Å². The van der Waals surface area contributed by atoms with E-state index in [-0.39, 0.29) is 22.3 Å². The minimum absolute atomic E-state index is 0.171. The SMILES string of the molecule is O=C(O)C1CCCN(C(=O)Nc2c(Cl)cc(Cl)cc2Cl)C1. The molecule has 1 aliphatic heterocycles. The zero-order valence-electron chi connectivity index (χ0n) is 10.9. The van der Waals surface area contributed by atoms with Gasteiger partial charge in [-0.15, -0.1) is 0 Å². The Bertz CT molecular complexity index is 557. The average molecular weight is 352 g/mol. The van der Waals surface area contributed by atoms with Crippen LogP contribution >= 0.6 is 34.8 Å². The first-order chi connectivity index (χ1) is 9.88. The summed E-state index contributed by atoms with van der Waals surface area (Å²) in [5.74, 6) is -1.43. The Kier molecular flexibility index (Phi) is 5.19. The van der Waals surface area contributed by atoms with Gasteiger partial charge in [-0.1, -0.05) is 34.8 Å². The predicted molar refractivity (Wildman–Crippen MR) is 82.4 cm³/mol. The Balaban J connectivity index is 2.10. The number of benzene rings is 1. The van der Waals surface area contributed by atoms with Crippen LogP contribution < -0.4 is 5.32 Å². The minimum Gasteiger partial charge on any atom is -0.481 e. The van der Waals surface area contributed by atoms with Gasteiger partial charge in [-0.2, -0.15) is 0 Å². The molecule has 1 unspecified atom stereocenters. The molecule has 0 saturated carbocycles. The molecule has 1 saturated heterocycles. The monoisotopic (exact) mass is 350 g/mol. The number of urea groups is 1. The highest BCUT2D eigenvalue weighted by molar-refractivity contribution is 6.42. The molecule has 0 bridgehead atoms. The average Bonchev–Trinajstić information content (AvgIpc) is 2.42. The lowest BCUT2D eigenvalue weighted by molar-refractivity contribution is -0.143. The van der Waals surface area contributed by atoms with Crippen molar-refractivity contribution in [3.05, 3.63) is 27.2 Å². The van der Waals surface area contributed by atoms with Crippen LogP contribution in [0.15, 0.2) is 12.1 Å². The molecule has 1 aromatic carbocycles. The highest BCUT2D eigenvalue weighted by Crippen LogP contribution is 2.34. The van der Waals surface area contributed by atoms with Gasteiger partial charge in [0.05, 0.1) is 21.7 Å². The van der Waals surface area contributed by atoms with Gasteiger partial charge in [-0.05, 0) is 25.0 Å². The van der Waals surface area contributed by atoms with Crippen molar-refractivity contribution in [3.63, 3.8) is 0 Å². The van der Waals surface area contributed by atoms with Crippen LogP contribution in [0, 0.1) is 5.92 Å². The van der Waals surface area contributed by atoms with Crippen molar-refractivity contribution in [2.45, 2.75) is 12.8 Å². The van der Waals surface area contributed by atoms with Crippen molar-refractivity contribution in [1.29, 1.82) is 0 Å². The number of hydrogen-bond donors (Lipinski definition) is 2. The number of likely N-dealkylation sites (tertiary alicyclic amines) is 1. The summed E-state index contributed by atoms with van der Waals surface area (Å²) >= 11 is 17.8. The van der Waals surface area contributed by atoms with E-state index in [0.29, 0.717) is 24.4 Å². The first kappa shape index (κ1) is 16.2. The molecule has 1 heterocycles. The predicted octanol–water partition coefficient (Wildman–Crippen LogP) is 3.98. The normalized spacial score (nSPS) is 18.4. The van der Waals surface area contributed by atoms with E-state index in [2.05, 4.69) is 5.32 Å². The van der Waals surface area contributed by atoms with Gasteiger partial charge in [0.15, 0.2) is 0 Å². The van der Waals surface area contributed by atoms with Crippen LogP contribution in [0.25, 0.3) is 0 Å². The van der Waals surface area contributed by atoms with Crippen LogP contribution in [0.4, 0.5) is 10.5 Å². The third-order valence-electron chi connectivity index (χ3n) is 3.30. The van der Waals surface area contributed by atoms with Crippen LogP contribution in [-0.4, -0.2) is 35.1 Å². The number of anilines is 1. The van der Waals surface area contributed by atoms with Gasteiger partial charge in [0.25, 0.3) is 0 Å². The Morgan fingerprint density at radius 1 is 1.24 bits per heavy atom. The Morgan fingerprint density at radius 2 is 1.86 bits per heavy atom. The standard InChI is InChI=1S/C13H13Cl3N2O3/c14-8-4-9(15)11(10(16)5-8)17-13(21)18-3-1-2-7(6-18)12(19)20/h4-5,7H,1-3,6H2,(H,17,21)(H,19,20). The number of nitrogens with one attached hydrogen (secondary N) is 1. The number of carbonyl (C=O) groups is 2. The fourth-order valence-corrected chi connectivity index (χ4v) is 3.12. The number of amides is 2. The smallest absolute Gasteiger partial charge is 0.321 e. The lowest BCUT2D eigenvalue weighted by Gasteiger charge is -2.30. The second-order valence-corrected chi connectivity index (χ2v) is 6.05. The van der Waals surface area contributed by atoms with Crippen molar-refractivity contribution in [2.75, 3.05) is 18.4 Å². The third-order valence-corrected chi connectivity index (χ3v) is 4.11. The number of hydrogen-bond acceptors (Lipinski definition) is 2. The molecule has 2 amide bonds. The van der Waals surface area contributed by atoms with Gasteiger partial charge in [-0.25, -0.2) is 4.79 Å². The Labute approximate surface area is 136 Å². The zero-order chi connectivity index (χ0) is 15.6. The first-order valence-corrected chi connectivity index (χ1v) is 7.45. The highest BCUT2D eigenvalue weighted by Gasteiger charge is 2.28. The van der Waals surface area contributed by atoms with Gasteiger partial charge in [-0.3, -0.25) is 4.79 Å². The summed E-state index contributed by atoms with van der Waals surface area (Å²) in [5.41, 5.74) is 0.269. The molecule has 0 aromatic heterocycles. The summed E-state index contributed by atoms with van der Waals surface area (Å²) in [7, 11) is 0. The summed E-state index contributed by atoms with van der Waals surface area (Å²) in [6.07, 6.45) is 1.22. The van der Waals surface area contributed by atoms with Crippen molar-refractivity contribution in [3.8, 4) is 0 Å². The molecule has 2 N–H and O–H groups in total. The van der Waals surface area contributed by atoms with Gasteiger partial charge in [0.2, 0.25) is 0 Å². The highest BCUT2D eigenvalue weighted by atomic mass is 35.5. The number of carboxylic acids is 1. The maximum Gasteiger partial charge on any atom is 0.321 e. The van der Waals surface area contributed by atoms with Crippen LogP contribution in [0.1, 0.15) is 12.8 Å². The second kappa shape index (κ2) is 6.73. The van der Waals surface area contributed by atoms with E-state index in [1.165, 1.54) is 17.0 Å². The van der Waals surface area contributed by atoms with E-state index in [9.17, 15) is 9.59 Å². The third kappa shape index (κ3) is 3.93. The molecule has 1 atom stereocenters. The molecule has 1 fully saturated rings. The Morgan fingerprint density at radius 3 is 2.43 bits per heavy atom. The summed E-state index contributed by atoms with van der Waals surface area (Å²) in [4.78, 5) is 24.7. The van der Waals surface area contributed by atoms with Crippen molar-refractivity contribution in [2.24, 2.45) is 5.92 Å². The van der Waals surface area contributed by atoms with E-state index in [1.807, 2.05) is 0 Å². The topological polar surface area (TPSA) is 69.6 Å². The molecular formula is C13H13Cl3N2O3. The maximum absolute atomic E-state index is 12.2. The van der Waals surface area contributed by atoms with Crippen LogP contribution in [-0.2, 0) is 4.79 Å². The van der Waals surface area contributed by atoms with Gasteiger partial charge < -0.3 is 15.3 Å². The molecule has 114 valence electrons. The summed E-state index contributed by atoms with van der Waals surface area (Å²) in [6.45, 7) is 0.669. The fourth-order valence-electron chi connectivity index (χ4n) is 2.21. The van der Waals surface area contributed by atoms with Gasteiger partial charge in [0.1, 0.15) is 0 Å². The summed E-state index contributed by atoms with van der Waals surface area (Å²) < 4.78 is 0.